The number of pyridine rings is 1. The van der Waals surface area contributed by atoms with Crippen LogP contribution in [0, 0.1) is 11.3 Å². The Kier molecular flexibility index (Phi) is 15.4. The number of cyclic esters (lactones) is 1. The van der Waals surface area contributed by atoms with E-state index in [0.717, 1.165) is 50.0 Å². The Morgan fingerprint density at radius 1 is 1.14 bits per heavy atom. The first-order chi connectivity index (χ1) is 31.2. The number of hydrogen-bond donors (Lipinski definition) is 3. The van der Waals surface area contributed by atoms with E-state index < -0.39 is 64.7 Å². The molecule has 2 aromatic heterocycles. The fourth-order valence-electron chi connectivity index (χ4n) is 9.64. The summed E-state index contributed by atoms with van der Waals surface area (Å²) in [5.74, 6) is -3.62. The third-order valence-electron chi connectivity index (χ3n) is 13.3. The fourth-order valence-corrected chi connectivity index (χ4v) is 9.64. The number of benzene rings is 1. The van der Waals surface area contributed by atoms with Crippen LogP contribution in [0.2, 0.25) is 0 Å². The van der Waals surface area contributed by atoms with E-state index in [4.69, 9.17) is 14.5 Å². The fraction of sp³-hybridized carbons (Fsp3) is 0.571. The summed E-state index contributed by atoms with van der Waals surface area (Å²) in [6, 6.07) is 6.95. The van der Waals surface area contributed by atoms with Crippen molar-refractivity contribution in [2.45, 2.75) is 123 Å². The van der Waals surface area contributed by atoms with Crippen molar-refractivity contribution < 1.29 is 43.3 Å². The first kappa shape index (κ1) is 49.8. The number of hydrogen-bond acceptors (Lipinski definition) is 11. The number of amides is 5. The maximum Gasteiger partial charge on any atom is 0.324 e. The number of β-amino-alcohol motifs (C(OH)–C–C–N with tert-alkyl or cyclic N) is 1. The molecule has 5 atom stereocenters. The molecule has 3 N–H and O–H groups in total. The van der Waals surface area contributed by atoms with E-state index in [1.165, 1.54) is 17.0 Å². The number of esters is 1. The number of likely N-dealkylation sites (N-methyl/N-ethyl adjacent to an activating group) is 1. The van der Waals surface area contributed by atoms with Crippen molar-refractivity contribution in [3.8, 4) is 11.3 Å². The van der Waals surface area contributed by atoms with Crippen LogP contribution < -0.4 is 10.7 Å². The number of nitrogens with one attached hydrogen (secondary N) is 2. The Morgan fingerprint density at radius 2 is 1.88 bits per heavy atom. The molecule has 3 aliphatic rings. The van der Waals surface area contributed by atoms with E-state index in [2.05, 4.69) is 60.9 Å². The Balaban J connectivity index is 1.33. The number of carbonyl (C=O) groups is 6. The van der Waals surface area contributed by atoms with Gasteiger partial charge in [0.2, 0.25) is 17.7 Å². The summed E-state index contributed by atoms with van der Waals surface area (Å²) in [6.45, 7) is 16.3. The van der Waals surface area contributed by atoms with E-state index in [-0.39, 0.29) is 64.1 Å². The SMILES string of the molecule is C=CC(=O)N1CCC(O)(C(=O)N(C)[C@H](C(=O)N[C@H]2CCC(=O)N(C)Cc3ccc4c(c3)c(c(-c3cccnc3[C@H](C)OC)n4CC)CC(C)(C)COC(=O)[C@@H]3CCCN(N3)C2=O)C(C)C)C1. The minimum Gasteiger partial charge on any atom is -0.464 e. The summed E-state index contributed by atoms with van der Waals surface area (Å²) in [5.41, 5.74) is 6.26. The Bertz CT molecular complexity index is 2340. The number of methoxy groups -OCH3 is 1. The topological polar surface area (TPSA) is 196 Å². The Labute approximate surface area is 387 Å². The number of aromatic nitrogens is 2. The molecule has 0 saturated carbocycles. The van der Waals surface area contributed by atoms with Crippen molar-refractivity contribution in [2.24, 2.45) is 11.3 Å². The van der Waals surface area contributed by atoms with E-state index >= 15 is 0 Å². The third-order valence-corrected chi connectivity index (χ3v) is 13.3. The summed E-state index contributed by atoms with van der Waals surface area (Å²) in [6.07, 6.45) is 3.78. The number of rotatable bonds is 10. The molecule has 0 aliphatic carbocycles. The van der Waals surface area contributed by atoms with Crippen LogP contribution in [-0.4, -0.2) is 141 Å². The average Bonchev–Trinajstić information content (AvgIpc) is 3.85. The molecule has 2 fully saturated rings. The molecule has 66 heavy (non-hydrogen) atoms. The second kappa shape index (κ2) is 20.5. The molecular formula is C49H68N8O9. The maximum atomic E-state index is 14.5. The predicted octanol–water partition coefficient (Wildman–Crippen LogP) is 3.91. The van der Waals surface area contributed by atoms with E-state index in [1.54, 1.807) is 39.1 Å². The molecule has 0 radical (unpaired) electrons. The quantitative estimate of drug-likeness (QED) is 0.197. The highest BCUT2D eigenvalue weighted by Gasteiger charge is 2.48. The minimum atomic E-state index is -1.93. The van der Waals surface area contributed by atoms with Crippen molar-refractivity contribution in [2.75, 3.05) is 47.4 Å². The molecule has 1 aromatic carbocycles. The van der Waals surface area contributed by atoms with Crippen LogP contribution >= 0.6 is 0 Å². The standard InChI is InChI=1S/C49H68N8O9/c1-11-39(58)55-24-21-49(64,28-55)47(63)54(9)42(30(3)4)44(60)51-36-18-20-40(59)53(8)27-32-17-19-38-34(25-32)35(43(56(38)12-2)33-15-13-22-50-41(33)31(5)65-10)26-48(6,7)29-66-46(62)37-16-14-23-57(52-37)45(36)61/h11,13,15,17,19,22,25,30-31,36-37,42,52,64H,1,12,14,16,18,20-21,23-24,26-29H2,2-10H3,(H,51,60)/t31-,36-,37-,42-,49?/m0/s1. The zero-order valence-electron chi connectivity index (χ0n) is 40.0. The van der Waals surface area contributed by atoms with Crippen LogP contribution in [0.4, 0.5) is 0 Å². The van der Waals surface area contributed by atoms with Crippen molar-refractivity contribution >= 4 is 46.4 Å². The number of aryl methyl sites for hydroxylation is 1. The molecule has 2 saturated heterocycles. The van der Waals surface area contributed by atoms with E-state index in [1.807, 2.05) is 19.1 Å². The largest absolute Gasteiger partial charge is 0.464 e. The zero-order valence-corrected chi connectivity index (χ0v) is 40.0. The molecule has 5 amide bonds. The summed E-state index contributed by atoms with van der Waals surface area (Å²) in [5, 5.41) is 16.6. The lowest BCUT2D eigenvalue weighted by atomic mass is 9.84. The van der Waals surface area contributed by atoms with E-state index in [0.29, 0.717) is 25.8 Å². The van der Waals surface area contributed by atoms with Gasteiger partial charge in [0.05, 0.1) is 30.6 Å². The van der Waals surface area contributed by atoms with Gasteiger partial charge >= 0.3 is 5.97 Å². The Morgan fingerprint density at radius 3 is 2.56 bits per heavy atom. The summed E-state index contributed by atoms with van der Waals surface area (Å²) < 4.78 is 14.1. The van der Waals surface area contributed by atoms with Gasteiger partial charge in [0.1, 0.15) is 18.1 Å². The number of aliphatic hydroxyl groups is 1. The number of fused-ring (bicyclic) bond motifs is 3. The highest BCUT2D eigenvalue weighted by atomic mass is 16.5. The van der Waals surface area contributed by atoms with Gasteiger partial charge in [0, 0.05) is 88.3 Å². The molecular weight excluding hydrogens is 845 g/mol. The normalized spacial score (nSPS) is 23.0. The number of likely N-dealkylation sites (tertiary alicyclic amines) is 1. The van der Waals surface area contributed by atoms with Gasteiger partial charge in [-0.2, -0.15) is 0 Å². The first-order valence-corrected chi connectivity index (χ1v) is 23.1. The maximum absolute atomic E-state index is 14.5. The molecule has 17 heteroatoms. The van der Waals surface area contributed by atoms with Gasteiger partial charge in [-0.25, -0.2) is 5.43 Å². The van der Waals surface area contributed by atoms with Gasteiger partial charge in [-0.1, -0.05) is 40.3 Å². The van der Waals surface area contributed by atoms with Crippen molar-refractivity contribution in [1.29, 1.82) is 0 Å². The molecule has 3 aliphatic heterocycles. The molecule has 6 rings (SSSR count). The van der Waals surface area contributed by atoms with E-state index in [9.17, 15) is 33.9 Å². The predicted molar refractivity (Wildman–Crippen MR) is 248 cm³/mol. The minimum absolute atomic E-state index is 0.0251. The molecule has 17 nitrogen and oxygen atoms in total. The molecule has 1 unspecified atom stereocenters. The lowest BCUT2D eigenvalue weighted by Gasteiger charge is -2.37. The molecule has 3 aromatic rings. The van der Waals surface area contributed by atoms with Gasteiger partial charge in [-0.05, 0) is 86.9 Å². The number of hydrazine groups is 1. The third kappa shape index (κ3) is 10.5. The van der Waals surface area contributed by atoms with Crippen LogP contribution in [-0.2, 0) is 57.8 Å². The smallest absolute Gasteiger partial charge is 0.324 e. The highest BCUT2D eigenvalue weighted by Crippen LogP contribution is 2.41. The summed E-state index contributed by atoms with van der Waals surface area (Å²) >= 11 is 0. The van der Waals surface area contributed by atoms with Gasteiger partial charge in [0.25, 0.3) is 11.8 Å². The van der Waals surface area contributed by atoms with Crippen LogP contribution in [0.3, 0.4) is 0 Å². The highest BCUT2D eigenvalue weighted by molar-refractivity contribution is 5.96. The van der Waals surface area contributed by atoms with Gasteiger partial charge in [-0.15, -0.1) is 0 Å². The van der Waals surface area contributed by atoms with Gasteiger partial charge < -0.3 is 39.2 Å². The second-order valence-corrected chi connectivity index (χ2v) is 19.2. The van der Waals surface area contributed by atoms with Crippen LogP contribution in [0.1, 0.15) is 96.6 Å². The summed E-state index contributed by atoms with van der Waals surface area (Å²) in [4.78, 5) is 91.7. The van der Waals surface area contributed by atoms with Crippen LogP contribution in [0.25, 0.3) is 22.2 Å². The monoisotopic (exact) mass is 913 g/mol. The summed E-state index contributed by atoms with van der Waals surface area (Å²) in [7, 11) is 4.78. The van der Waals surface area contributed by atoms with Crippen molar-refractivity contribution in [1.82, 2.24) is 40.0 Å². The molecule has 4 bridgehead atoms. The second-order valence-electron chi connectivity index (χ2n) is 19.2. The van der Waals surface area contributed by atoms with Crippen LogP contribution in [0.5, 0.6) is 0 Å². The molecule has 5 heterocycles. The van der Waals surface area contributed by atoms with Gasteiger partial charge in [-0.3, -0.25) is 38.8 Å². The van der Waals surface area contributed by atoms with Crippen LogP contribution in [0.15, 0.2) is 49.2 Å². The first-order valence-electron chi connectivity index (χ1n) is 23.1. The molecule has 0 spiro atoms. The molecule has 358 valence electrons. The lowest BCUT2D eigenvalue weighted by Crippen LogP contribution is -2.62. The lowest BCUT2D eigenvalue weighted by molar-refractivity contribution is -0.156. The Hall–Kier alpha value is -5.65. The number of nitrogens with zero attached hydrogens (tertiary/aromatic N) is 6. The average molecular weight is 913 g/mol. The zero-order chi connectivity index (χ0) is 48.2. The van der Waals surface area contributed by atoms with Crippen molar-refractivity contribution in [3.05, 3.63) is 66.0 Å². The van der Waals surface area contributed by atoms with Gasteiger partial charge in [0.15, 0.2) is 5.60 Å². The van der Waals surface area contributed by atoms with Crippen molar-refractivity contribution in [3.63, 3.8) is 0 Å². The number of ether oxygens (including phenoxy) is 2. The number of carbonyl (C=O) groups excluding carboxylic acids is 6.